The summed E-state index contributed by atoms with van der Waals surface area (Å²) in [5.74, 6) is 0.555. The van der Waals surface area contributed by atoms with Gasteiger partial charge in [0.05, 0.1) is 0 Å². The molecule has 0 saturated carbocycles. The first kappa shape index (κ1) is 7.54. The number of benzene rings is 1. The lowest BCUT2D eigenvalue weighted by Gasteiger charge is -2.27. The summed E-state index contributed by atoms with van der Waals surface area (Å²) >= 11 is 0. The zero-order valence-electron chi connectivity index (χ0n) is 7.77. The van der Waals surface area contributed by atoms with Crippen LogP contribution in [0.5, 0.6) is 5.75 Å². The predicted molar refractivity (Wildman–Crippen MR) is 54.3 cm³/mol. The highest BCUT2D eigenvalue weighted by molar-refractivity contribution is 6.11. The monoisotopic (exact) mass is 200 g/mol. The zero-order valence-corrected chi connectivity index (χ0v) is 7.77. The molecule has 1 aromatic rings. The highest BCUT2D eigenvalue weighted by Gasteiger charge is 2.52. The molecule has 1 aliphatic heterocycles. The van der Waals surface area contributed by atoms with E-state index in [0.717, 1.165) is 16.7 Å². The lowest BCUT2D eigenvalue weighted by molar-refractivity contribution is 0.324. The molecule has 4 rings (SSSR count). The molecular weight excluding hydrogens is 192 g/mol. The van der Waals surface area contributed by atoms with E-state index >= 15 is 0 Å². The Kier molecular flexibility index (Phi) is 1.05. The van der Waals surface area contributed by atoms with Gasteiger partial charge in [-0.1, -0.05) is 6.07 Å². The Morgan fingerprint density at radius 3 is 2.80 bits per heavy atom. The van der Waals surface area contributed by atoms with Gasteiger partial charge in [0.25, 0.3) is 0 Å². The first-order valence-electron chi connectivity index (χ1n) is 4.89. The van der Waals surface area contributed by atoms with Crippen molar-refractivity contribution in [2.45, 2.75) is 12.2 Å². The standard InChI is InChI=1S/C12H8O3/c13-5-1-2-6-7(3-5)8-4-9(14)11-12(15-11)10(6)8/h1-4,11-14H. The van der Waals surface area contributed by atoms with Gasteiger partial charge in [0.1, 0.15) is 23.7 Å². The maximum absolute atomic E-state index is 9.58. The average Bonchev–Trinajstić information content (AvgIpc) is 2.97. The second-order valence-electron chi connectivity index (χ2n) is 4.10. The second-order valence-corrected chi connectivity index (χ2v) is 4.10. The van der Waals surface area contributed by atoms with Crippen molar-refractivity contribution in [3.8, 4) is 5.75 Å². The first-order chi connectivity index (χ1) is 7.25. The first-order valence-corrected chi connectivity index (χ1v) is 4.89. The van der Waals surface area contributed by atoms with Crippen molar-refractivity contribution in [1.82, 2.24) is 0 Å². The summed E-state index contributed by atoms with van der Waals surface area (Å²) in [4.78, 5) is 0. The number of hydrogen-bond donors (Lipinski definition) is 2. The van der Waals surface area contributed by atoms with Gasteiger partial charge in [-0.25, -0.2) is 0 Å². The van der Waals surface area contributed by atoms with Crippen molar-refractivity contribution in [3.05, 3.63) is 41.2 Å². The van der Waals surface area contributed by atoms with Gasteiger partial charge >= 0.3 is 0 Å². The van der Waals surface area contributed by atoms with Gasteiger partial charge in [0.2, 0.25) is 0 Å². The SMILES string of the molecule is OC1=CC2=C(c3ccc(O)cc32)C2OC12. The van der Waals surface area contributed by atoms with Gasteiger partial charge in [0, 0.05) is 0 Å². The van der Waals surface area contributed by atoms with Gasteiger partial charge in [-0.3, -0.25) is 0 Å². The summed E-state index contributed by atoms with van der Waals surface area (Å²) in [6, 6.07) is 5.30. The number of rotatable bonds is 0. The van der Waals surface area contributed by atoms with Gasteiger partial charge < -0.3 is 14.9 Å². The van der Waals surface area contributed by atoms with E-state index in [0.29, 0.717) is 5.76 Å². The van der Waals surface area contributed by atoms with Crippen molar-refractivity contribution in [2.75, 3.05) is 0 Å². The molecule has 3 aliphatic rings. The van der Waals surface area contributed by atoms with Gasteiger partial charge in [-0.15, -0.1) is 0 Å². The maximum Gasteiger partial charge on any atom is 0.145 e. The highest BCUT2D eigenvalue weighted by Crippen LogP contribution is 2.54. The van der Waals surface area contributed by atoms with Crippen molar-refractivity contribution >= 4 is 11.1 Å². The largest absolute Gasteiger partial charge is 0.509 e. The Hall–Kier alpha value is -1.74. The fraction of sp³-hybridized carbons (Fsp3) is 0.167. The van der Waals surface area contributed by atoms with Crippen LogP contribution in [0.4, 0.5) is 0 Å². The molecule has 0 aromatic heterocycles. The van der Waals surface area contributed by atoms with Gasteiger partial charge in [-0.05, 0) is 40.5 Å². The molecule has 15 heavy (non-hydrogen) atoms. The summed E-state index contributed by atoms with van der Waals surface area (Å²) in [6.45, 7) is 0. The Balaban J connectivity index is 1.93. The molecule has 0 spiro atoms. The minimum atomic E-state index is -0.120. The molecule has 1 heterocycles. The minimum Gasteiger partial charge on any atom is -0.509 e. The average molecular weight is 200 g/mol. The molecule has 2 unspecified atom stereocenters. The van der Waals surface area contributed by atoms with E-state index in [1.807, 2.05) is 6.07 Å². The zero-order chi connectivity index (χ0) is 10.2. The van der Waals surface area contributed by atoms with Crippen molar-refractivity contribution in [1.29, 1.82) is 0 Å². The second kappa shape index (κ2) is 2.09. The number of phenolic OH excluding ortho intramolecular Hbond substituents is 1. The quantitative estimate of drug-likeness (QED) is 0.628. The maximum atomic E-state index is 9.58. The molecule has 0 amide bonds. The van der Waals surface area contributed by atoms with Crippen LogP contribution in [0.1, 0.15) is 11.1 Å². The van der Waals surface area contributed by atoms with Crippen LogP contribution >= 0.6 is 0 Å². The molecule has 0 radical (unpaired) electrons. The van der Waals surface area contributed by atoms with Gasteiger partial charge in [0.15, 0.2) is 0 Å². The van der Waals surface area contributed by atoms with E-state index in [4.69, 9.17) is 4.74 Å². The summed E-state index contributed by atoms with van der Waals surface area (Å²) in [7, 11) is 0. The van der Waals surface area contributed by atoms with E-state index in [-0.39, 0.29) is 18.0 Å². The summed E-state index contributed by atoms with van der Waals surface area (Å²) in [5, 5.41) is 18.9. The molecule has 3 nitrogen and oxygen atoms in total. The molecule has 1 fully saturated rings. The number of phenols is 1. The molecule has 2 atom stereocenters. The van der Waals surface area contributed by atoms with Crippen LogP contribution in [-0.2, 0) is 4.74 Å². The number of aliphatic hydroxyl groups is 1. The fourth-order valence-corrected chi connectivity index (χ4v) is 2.47. The number of aromatic hydroxyl groups is 1. The number of hydrogen-bond acceptors (Lipinski definition) is 3. The van der Waals surface area contributed by atoms with E-state index in [2.05, 4.69) is 0 Å². The Morgan fingerprint density at radius 2 is 1.93 bits per heavy atom. The third kappa shape index (κ3) is 0.758. The normalized spacial score (nSPS) is 29.7. The molecule has 1 saturated heterocycles. The van der Waals surface area contributed by atoms with Crippen LogP contribution in [0, 0.1) is 0 Å². The number of ether oxygens (including phenoxy) is 1. The van der Waals surface area contributed by atoms with E-state index < -0.39 is 0 Å². The Morgan fingerprint density at radius 1 is 1.07 bits per heavy atom. The van der Waals surface area contributed by atoms with Crippen molar-refractivity contribution < 1.29 is 14.9 Å². The van der Waals surface area contributed by atoms with Crippen molar-refractivity contribution in [3.63, 3.8) is 0 Å². The number of fused-ring (bicyclic) bond motifs is 5. The van der Waals surface area contributed by atoms with E-state index in [9.17, 15) is 10.2 Å². The Bertz CT molecular complexity index is 554. The minimum absolute atomic E-state index is 0.0436. The molecule has 2 N–H and O–H groups in total. The summed E-state index contributed by atoms with van der Waals surface area (Å²) in [6.07, 6.45) is 1.67. The summed E-state index contributed by atoms with van der Waals surface area (Å²) in [5.41, 5.74) is 4.33. The van der Waals surface area contributed by atoms with Crippen LogP contribution in [0.3, 0.4) is 0 Å². The molecule has 3 heteroatoms. The lowest BCUT2D eigenvalue weighted by atomic mass is 9.75. The van der Waals surface area contributed by atoms with E-state index in [1.54, 1.807) is 18.2 Å². The number of epoxide rings is 1. The molecular formula is C12H8O3. The fourth-order valence-electron chi connectivity index (χ4n) is 2.47. The number of aliphatic hydroxyl groups excluding tert-OH is 1. The van der Waals surface area contributed by atoms with Crippen LogP contribution in [0.15, 0.2) is 30.0 Å². The third-order valence-electron chi connectivity index (χ3n) is 3.23. The van der Waals surface area contributed by atoms with Crippen LogP contribution in [-0.4, -0.2) is 22.4 Å². The molecule has 1 aromatic carbocycles. The van der Waals surface area contributed by atoms with Crippen LogP contribution in [0.25, 0.3) is 11.1 Å². The highest BCUT2D eigenvalue weighted by atomic mass is 16.6. The summed E-state index contributed by atoms with van der Waals surface area (Å²) < 4.78 is 5.37. The smallest absolute Gasteiger partial charge is 0.145 e. The van der Waals surface area contributed by atoms with Crippen LogP contribution in [0.2, 0.25) is 0 Å². The number of allylic oxidation sites excluding steroid dienone is 2. The van der Waals surface area contributed by atoms with Crippen molar-refractivity contribution in [2.24, 2.45) is 0 Å². The Labute approximate surface area is 85.9 Å². The lowest BCUT2D eigenvalue weighted by Crippen LogP contribution is -2.16. The third-order valence-corrected chi connectivity index (χ3v) is 3.23. The van der Waals surface area contributed by atoms with Crippen LogP contribution < -0.4 is 0 Å². The predicted octanol–water partition coefficient (Wildman–Crippen LogP) is 1.84. The topological polar surface area (TPSA) is 53.0 Å². The molecule has 0 bridgehead atoms. The van der Waals surface area contributed by atoms with E-state index in [1.165, 1.54) is 5.57 Å². The van der Waals surface area contributed by atoms with Gasteiger partial charge in [-0.2, -0.15) is 0 Å². The molecule has 2 aliphatic carbocycles. The molecule has 74 valence electrons.